The number of fused-ring (bicyclic) bond motifs is 1. The van der Waals surface area contributed by atoms with Gasteiger partial charge in [0.2, 0.25) is 0 Å². The molecule has 1 aromatic rings. The van der Waals surface area contributed by atoms with Gasteiger partial charge in [0, 0.05) is 11.4 Å². The smallest absolute Gasteiger partial charge is 0.351 e. The lowest BCUT2D eigenvalue weighted by Gasteiger charge is -2.12. The summed E-state index contributed by atoms with van der Waals surface area (Å²) in [6.07, 6.45) is -3.26. The normalized spacial score (nSPS) is 14.4. The number of hydrogen-bond donors (Lipinski definition) is 2. The predicted octanol–water partition coefficient (Wildman–Crippen LogP) is 2.17. The van der Waals surface area contributed by atoms with Crippen molar-refractivity contribution in [2.45, 2.75) is 31.9 Å². The molecule has 7 heteroatoms. The number of alkyl halides is 3. The zero-order chi connectivity index (χ0) is 13.3. The Labute approximate surface area is 101 Å². The van der Waals surface area contributed by atoms with Crippen molar-refractivity contribution in [2.75, 3.05) is 5.32 Å². The van der Waals surface area contributed by atoms with Crippen LogP contribution in [0.4, 0.5) is 23.7 Å². The highest BCUT2D eigenvalue weighted by atomic mass is 19.4. The van der Waals surface area contributed by atoms with Crippen LogP contribution in [0.3, 0.4) is 0 Å². The minimum absolute atomic E-state index is 0.0908. The van der Waals surface area contributed by atoms with E-state index in [4.69, 9.17) is 5.73 Å². The van der Waals surface area contributed by atoms with Crippen molar-refractivity contribution in [3.63, 3.8) is 0 Å². The van der Waals surface area contributed by atoms with Gasteiger partial charge in [-0.3, -0.25) is 4.98 Å². The molecule has 0 radical (unpaired) electrons. The van der Waals surface area contributed by atoms with Gasteiger partial charge in [0.05, 0.1) is 12.1 Å². The fraction of sp³-hybridized carbons (Fsp3) is 0.455. The third kappa shape index (κ3) is 2.91. The summed E-state index contributed by atoms with van der Waals surface area (Å²) >= 11 is 0. The Balaban J connectivity index is 2.36. The first kappa shape index (κ1) is 12.7. The molecule has 0 atom stereocenters. The lowest BCUT2D eigenvalue weighted by atomic mass is 10.1. The Bertz CT molecular complexity index is 485. The molecule has 0 aromatic carbocycles. The van der Waals surface area contributed by atoms with Gasteiger partial charge in [0.1, 0.15) is 0 Å². The molecule has 3 N–H and O–H groups in total. The number of pyridine rings is 1. The lowest BCUT2D eigenvalue weighted by Crippen LogP contribution is -2.21. The van der Waals surface area contributed by atoms with Crippen molar-refractivity contribution in [3.05, 3.63) is 23.0 Å². The number of aromatic nitrogens is 1. The minimum Gasteiger partial charge on any atom is -0.351 e. The molecule has 0 fully saturated rings. The molecule has 1 aliphatic carbocycles. The number of hydrogen-bond acceptors (Lipinski definition) is 2. The number of nitrogens with zero attached hydrogens (tertiary/aromatic N) is 1. The molecule has 0 bridgehead atoms. The van der Waals surface area contributed by atoms with Crippen LogP contribution in [0.5, 0.6) is 0 Å². The Hall–Kier alpha value is -1.79. The summed E-state index contributed by atoms with van der Waals surface area (Å²) in [4.78, 5) is 14.8. The van der Waals surface area contributed by atoms with Gasteiger partial charge in [-0.05, 0) is 30.9 Å². The van der Waals surface area contributed by atoms with E-state index in [-0.39, 0.29) is 5.69 Å². The summed E-state index contributed by atoms with van der Waals surface area (Å²) in [6, 6.07) is 0.468. The van der Waals surface area contributed by atoms with E-state index in [0.29, 0.717) is 24.2 Å². The van der Waals surface area contributed by atoms with Crippen LogP contribution in [-0.4, -0.2) is 17.2 Å². The molecule has 0 saturated carbocycles. The fourth-order valence-electron chi connectivity index (χ4n) is 2.14. The average molecular weight is 259 g/mol. The van der Waals surface area contributed by atoms with E-state index >= 15 is 0 Å². The molecule has 1 aliphatic rings. The van der Waals surface area contributed by atoms with Gasteiger partial charge in [-0.15, -0.1) is 0 Å². The second kappa shape index (κ2) is 4.47. The fourth-order valence-corrected chi connectivity index (χ4v) is 2.14. The summed E-state index contributed by atoms with van der Waals surface area (Å²) in [5.41, 5.74) is 6.68. The predicted molar refractivity (Wildman–Crippen MR) is 59.2 cm³/mol. The molecule has 0 unspecified atom stereocenters. The van der Waals surface area contributed by atoms with E-state index in [2.05, 4.69) is 10.3 Å². The van der Waals surface area contributed by atoms with Crippen molar-refractivity contribution in [1.82, 2.24) is 4.98 Å². The Morgan fingerprint density at radius 1 is 1.44 bits per heavy atom. The molecule has 98 valence electrons. The van der Waals surface area contributed by atoms with Gasteiger partial charge in [0.25, 0.3) is 0 Å². The van der Waals surface area contributed by atoms with E-state index in [1.54, 1.807) is 0 Å². The first-order chi connectivity index (χ1) is 8.35. The molecular formula is C11H12F3N3O. The van der Waals surface area contributed by atoms with Gasteiger partial charge < -0.3 is 11.1 Å². The molecular weight excluding hydrogens is 247 g/mol. The number of nitrogens with two attached hydrogens (primary N) is 1. The van der Waals surface area contributed by atoms with E-state index in [9.17, 15) is 18.0 Å². The molecule has 4 nitrogen and oxygen atoms in total. The van der Waals surface area contributed by atoms with Crippen molar-refractivity contribution in [2.24, 2.45) is 5.73 Å². The molecule has 2 rings (SSSR count). The van der Waals surface area contributed by atoms with Crippen LogP contribution in [-0.2, 0) is 19.3 Å². The molecule has 0 spiro atoms. The summed E-state index contributed by atoms with van der Waals surface area (Å²) in [6.45, 7) is 0. The number of amides is 2. The number of primary amides is 1. The standard InChI is InChI=1S/C11H12F3N3O/c12-11(13,14)5-6-4-9(17-10(15)18)7-2-1-3-8(7)16-6/h4H,1-3,5H2,(H3,15,16,17,18). The maximum Gasteiger partial charge on any atom is 0.394 e. The lowest BCUT2D eigenvalue weighted by molar-refractivity contribution is -0.127. The van der Waals surface area contributed by atoms with Crippen LogP contribution in [0.15, 0.2) is 6.07 Å². The van der Waals surface area contributed by atoms with Gasteiger partial charge in [-0.1, -0.05) is 0 Å². The summed E-state index contributed by atoms with van der Waals surface area (Å²) in [5, 5.41) is 2.36. The number of rotatable bonds is 2. The van der Waals surface area contributed by atoms with Crippen LogP contribution in [0, 0.1) is 0 Å². The Kier molecular flexibility index (Phi) is 3.14. The number of anilines is 1. The summed E-state index contributed by atoms with van der Waals surface area (Å²) < 4.78 is 37.0. The minimum atomic E-state index is -4.32. The zero-order valence-corrected chi connectivity index (χ0v) is 9.47. The molecule has 18 heavy (non-hydrogen) atoms. The quantitative estimate of drug-likeness (QED) is 0.854. The largest absolute Gasteiger partial charge is 0.394 e. The first-order valence-corrected chi connectivity index (χ1v) is 5.50. The molecule has 2 amide bonds. The van der Waals surface area contributed by atoms with Gasteiger partial charge in [0.15, 0.2) is 0 Å². The highest BCUT2D eigenvalue weighted by Crippen LogP contribution is 2.30. The van der Waals surface area contributed by atoms with Gasteiger partial charge in [-0.2, -0.15) is 13.2 Å². The Morgan fingerprint density at radius 3 is 2.78 bits per heavy atom. The average Bonchev–Trinajstić information content (AvgIpc) is 2.61. The number of nitrogens with one attached hydrogen (secondary N) is 1. The zero-order valence-electron chi connectivity index (χ0n) is 9.47. The summed E-state index contributed by atoms with van der Waals surface area (Å²) in [7, 11) is 0. The Morgan fingerprint density at radius 2 is 2.17 bits per heavy atom. The van der Waals surface area contributed by atoms with Crippen molar-refractivity contribution < 1.29 is 18.0 Å². The SMILES string of the molecule is NC(=O)Nc1cc(CC(F)(F)F)nc2c1CCC2. The molecule has 0 saturated heterocycles. The third-order valence-corrected chi connectivity index (χ3v) is 2.74. The van der Waals surface area contributed by atoms with Crippen LogP contribution >= 0.6 is 0 Å². The second-order valence-corrected chi connectivity index (χ2v) is 4.22. The molecule has 1 heterocycles. The van der Waals surface area contributed by atoms with Crippen LogP contribution in [0.2, 0.25) is 0 Å². The van der Waals surface area contributed by atoms with Gasteiger partial charge in [-0.25, -0.2) is 4.79 Å². The van der Waals surface area contributed by atoms with E-state index in [1.807, 2.05) is 0 Å². The number of carbonyl (C=O) groups is 1. The van der Waals surface area contributed by atoms with Crippen molar-refractivity contribution in [1.29, 1.82) is 0 Å². The van der Waals surface area contributed by atoms with Crippen LogP contribution in [0.1, 0.15) is 23.4 Å². The number of halogens is 3. The van der Waals surface area contributed by atoms with E-state index in [1.165, 1.54) is 6.07 Å². The second-order valence-electron chi connectivity index (χ2n) is 4.22. The summed E-state index contributed by atoms with van der Waals surface area (Å²) in [5.74, 6) is 0. The molecule has 0 aliphatic heterocycles. The van der Waals surface area contributed by atoms with E-state index in [0.717, 1.165) is 12.0 Å². The number of aryl methyl sites for hydroxylation is 1. The monoisotopic (exact) mass is 259 g/mol. The van der Waals surface area contributed by atoms with Crippen LogP contribution < -0.4 is 11.1 Å². The number of urea groups is 1. The molecule has 1 aromatic heterocycles. The van der Waals surface area contributed by atoms with Crippen LogP contribution in [0.25, 0.3) is 0 Å². The maximum atomic E-state index is 12.3. The van der Waals surface area contributed by atoms with Crippen molar-refractivity contribution >= 4 is 11.7 Å². The first-order valence-electron chi connectivity index (χ1n) is 5.50. The van der Waals surface area contributed by atoms with E-state index < -0.39 is 18.6 Å². The highest BCUT2D eigenvalue weighted by Gasteiger charge is 2.30. The third-order valence-electron chi connectivity index (χ3n) is 2.74. The van der Waals surface area contributed by atoms with Crippen molar-refractivity contribution in [3.8, 4) is 0 Å². The highest BCUT2D eigenvalue weighted by molar-refractivity contribution is 5.89. The van der Waals surface area contributed by atoms with Gasteiger partial charge >= 0.3 is 12.2 Å². The topological polar surface area (TPSA) is 68.0 Å². The number of carbonyl (C=O) groups excluding carboxylic acids is 1. The maximum absolute atomic E-state index is 12.3.